The molecule has 3 rings (SSSR count). The van der Waals surface area contributed by atoms with Crippen LogP contribution in [0.2, 0.25) is 0 Å². The molecule has 0 spiro atoms. The summed E-state index contributed by atoms with van der Waals surface area (Å²) in [6.45, 7) is 6.89. The highest BCUT2D eigenvalue weighted by Gasteiger charge is 2.30. The average Bonchev–Trinajstić information content (AvgIpc) is 3.17. The van der Waals surface area contributed by atoms with Gasteiger partial charge in [0.15, 0.2) is 5.78 Å². The number of thiophene rings is 2. The average molecular weight is 362 g/mol. The van der Waals surface area contributed by atoms with Crippen LogP contribution in [0.15, 0.2) is 17.5 Å². The monoisotopic (exact) mass is 361 g/mol. The van der Waals surface area contributed by atoms with E-state index in [1.165, 1.54) is 10.4 Å². The van der Waals surface area contributed by atoms with Crippen LogP contribution < -0.4 is 0 Å². The van der Waals surface area contributed by atoms with Crippen LogP contribution in [0.3, 0.4) is 0 Å². The van der Waals surface area contributed by atoms with E-state index in [1.54, 1.807) is 22.7 Å². The molecule has 24 heavy (non-hydrogen) atoms. The van der Waals surface area contributed by atoms with E-state index in [0.29, 0.717) is 12.8 Å². The molecule has 0 aromatic carbocycles. The van der Waals surface area contributed by atoms with Gasteiger partial charge in [0, 0.05) is 39.6 Å². The highest BCUT2D eigenvalue weighted by atomic mass is 32.1. The van der Waals surface area contributed by atoms with Gasteiger partial charge in [-0.3, -0.25) is 9.59 Å². The third kappa shape index (κ3) is 3.33. The number of aryl methyl sites for hydroxylation is 2. The number of Topliss-reactive ketones (excluding diaryl/α,β-unsaturated/α-hetero) is 1. The van der Waals surface area contributed by atoms with Crippen LogP contribution in [0, 0.1) is 13.8 Å². The fourth-order valence-corrected chi connectivity index (χ4v) is 5.41. The van der Waals surface area contributed by atoms with Crippen molar-refractivity contribution in [2.75, 3.05) is 6.54 Å². The minimum atomic E-state index is 0.0893. The zero-order chi connectivity index (χ0) is 17.3. The number of rotatable bonds is 5. The molecule has 2 aromatic rings. The molecule has 0 fully saturated rings. The number of carbonyl (C=O) groups is 2. The summed E-state index contributed by atoms with van der Waals surface area (Å²) in [6.07, 6.45) is 2.47. The maximum absolute atomic E-state index is 12.7. The fraction of sp³-hybridized carbons (Fsp3) is 0.474. The Kier molecular flexibility index (Phi) is 5.21. The van der Waals surface area contributed by atoms with Crippen molar-refractivity contribution >= 4 is 34.4 Å². The maximum atomic E-state index is 12.7. The van der Waals surface area contributed by atoms with E-state index < -0.39 is 0 Å². The van der Waals surface area contributed by atoms with Gasteiger partial charge in [-0.05, 0) is 49.8 Å². The van der Waals surface area contributed by atoms with E-state index in [2.05, 4.69) is 18.4 Å². The first kappa shape index (κ1) is 17.4. The number of carbonyl (C=O) groups excluding carboxylic acids is 2. The summed E-state index contributed by atoms with van der Waals surface area (Å²) >= 11 is 3.43. The molecular weight excluding hydrogens is 338 g/mol. The molecule has 0 aliphatic carbocycles. The lowest BCUT2D eigenvalue weighted by Crippen LogP contribution is -2.39. The van der Waals surface area contributed by atoms with Crippen molar-refractivity contribution in [3.63, 3.8) is 0 Å². The molecule has 128 valence electrons. The highest BCUT2D eigenvalue weighted by Crippen LogP contribution is 2.35. The van der Waals surface area contributed by atoms with Gasteiger partial charge in [0.25, 0.3) is 0 Å². The number of fused-ring (bicyclic) bond motifs is 1. The van der Waals surface area contributed by atoms with Crippen molar-refractivity contribution in [1.82, 2.24) is 4.90 Å². The Morgan fingerprint density at radius 2 is 2.08 bits per heavy atom. The van der Waals surface area contributed by atoms with Gasteiger partial charge in [0.05, 0.1) is 6.04 Å². The Balaban J connectivity index is 1.65. The summed E-state index contributed by atoms with van der Waals surface area (Å²) in [4.78, 5) is 30.7. The van der Waals surface area contributed by atoms with Gasteiger partial charge in [-0.25, -0.2) is 0 Å². The Labute approximate surface area is 151 Å². The lowest BCUT2D eigenvalue weighted by Gasteiger charge is -2.35. The predicted octanol–water partition coefficient (Wildman–Crippen LogP) is 4.93. The first-order valence-corrected chi connectivity index (χ1v) is 10.2. The second-order valence-electron chi connectivity index (χ2n) is 6.31. The second-order valence-corrected chi connectivity index (χ2v) is 8.77. The number of ketones is 1. The number of nitrogens with zero attached hydrogens (tertiary/aromatic N) is 1. The van der Waals surface area contributed by atoms with E-state index in [1.807, 2.05) is 24.8 Å². The van der Waals surface area contributed by atoms with E-state index in [0.717, 1.165) is 34.7 Å². The molecule has 1 unspecified atom stereocenters. The van der Waals surface area contributed by atoms with E-state index in [-0.39, 0.29) is 17.7 Å². The zero-order valence-electron chi connectivity index (χ0n) is 14.4. The van der Waals surface area contributed by atoms with Crippen LogP contribution >= 0.6 is 22.7 Å². The smallest absolute Gasteiger partial charge is 0.223 e. The molecule has 0 saturated heterocycles. The van der Waals surface area contributed by atoms with Gasteiger partial charge in [0.2, 0.25) is 5.91 Å². The molecule has 5 heteroatoms. The Bertz CT molecular complexity index is 759. The van der Waals surface area contributed by atoms with Gasteiger partial charge in [-0.15, -0.1) is 22.7 Å². The Morgan fingerprint density at radius 3 is 2.75 bits per heavy atom. The maximum Gasteiger partial charge on any atom is 0.223 e. The largest absolute Gasteiger partial charge is 0.335 e. The first-order valence-electron chi connectivity index (χ1n) is 8.47. The Hall–Kier alpha value is -1.46. The minimum absolute atomic E-state index is 0.0893. The lowest BCUT2D eigenvalue weighted by molar-refractivity contribution is -0.134. The van der Waals surface area contributed by atoms with E-state index in [9.17, 15) is 9.59 Å². The van der Waals surface area contributed by atoms with Crippen LogP contribution in [0.4, 0.5) is 0 Å². The third-order valence-corrected chi connectivity index (χ3v) is 6.67. The lowest BCUT2D eigenvalue weighted by atomic mass is 9.97. The summed E-state index contributed by atoms with van der Waals surface area (Å²) in [5, 5.41) is 2.12. The first-order chi connectivity index (χ1) is 11.5. The summed E-state index contributed by atoms with van der Waals surface area (Å²) in [5.74, 6) is 0.197. The van der Waals surface area contributed by atoms with Crippen molar-refractivity contribution in [3.05, 3.63) is 43.3 Å². The number of hydrogen-bond acceptors (Lipinski definition) is 4. The number of amides is 1. The molecule has 0 radical (unpaired) electrons. The molecule has 1 amide bonds. The summed E-state index contributed by atoms with van der Waals surface area (Å²) < 4.78 is 0. The van der Waals surface area contributed by atoms with Crippen molar-refractivity contribution in [2.24, 2.45) is 0 Å². The molecular formula is C19H23NO2S2. The van der Waals surface area contributed by atoms with Gasteiger partial charge in [-0.1, -0.05) is 6.92 Å². The molecule has 3 heterocycles. The second kappa shape index (κ2) is 7.19. The predicted molar refractivity (Wildman–Crippen MR) is 100 cm³/mol. The van der Waals surface area contributed by atoms with Crippen LogP contribution in [0.1, 0.15) is 62.8 Å². The molecule has 1 aliphatic heterocycles. The zero-order valence-corrected chi connectivity index (χ0v) is 16.1. The summed E-state index contributed by atoms with van der Waals surface area (Å²) in [7, 11) is 0. The summed E-state index contributed by atoms with van der Waals surface area (Å²) in [5.41, 5.74) is 2.09. The van der Waals surface area contributed by atoms with Crippen LogP contribution in [0.5, 0.6) is 0 Å². The third-order valence-electron chi connectivity index (χ3n) is 4.71. The van der Waals surface area contributed by atoms with Gasteiger partial charge in [-0.2, -0.15) is 0 Å². The van der Waals surface area contributed by atoms with Gasteiger partial charge >= 0.3 is 0 Å². The molecule has 1 atom stereocenters. The molecule has 0 N–H and O–H groups in total. The topological polar surface area (TPSA) is 37.4 Å². The van der Waals surface area contributed by atoms with Gasteiger partial charge < -0.3 is 4.90 Å². The van der Waals surface area contributed by atoms with E-state index >= 15 is 0 Å². The molecule has 1 aliphatic rings. The Morgan fingerprint density at radius 1 is 1.29 bits per heavy atom. The molecule has 0 saturated carbocycles. The quantitative estimate of drug-likeness (QED) is 0.709. The van der Waals surface area contributed by atoms with Crippen LogP contribution in [-0.2, 0) is 11.2 Å². The fourth-order valence-electron chi connectivity index (χ4n) is 3.54. The highest BCUT2D eigenvalue weighted by molar-refractivity contribution is 7.12. The van der Waals surface area contributed by atoms with Crippen molar-refractivity contribution in [3.8, 4) is 0 Å². The minimum Gasteiger partial charge on any atom is -0.335 e. The molecule has 3 nitrogen and oxygen atoms in total. The van der Waals surface area contributed by atoms with Crippen molar-refractivity contribution in [1.29, 1.82) is 0 Å². The SMILES string of the molecule is CCC1c2ccsc2CCN1C(=O)CCC(=O)c1cc(C)sc1C. The van der Waals surface area contributed by atoms with Crippen LogP contribution in [-0.4, -0.2) is 23.1 Å². The van der Waals surface area contributed by atoms with Gasteiger partial charge in [0.1, 0.15) is 0 Å². The molecule has 2 aromatic heterocycles. The van der Waals surface area contributed by atoms with Crippen LogP contribution in [0.25, 0.3) is 0 Å². The van der Waals surface area contributed by atoms with Crippen molar-refractivity contribution in [2.45, 2.75) is 52.5 Å². The number of hydrogen-bond donors (Lipinski definition) is 0. The van der Waals surface area contributed by atoms with Crippen molar-refractivity contribution < 1.29 is 9.59 Å². The molecule has 0 bridgehead atoms. The standard InChI is InChI=1S/C19H23NO2S2/c1-4-16-14-8-10-23-18(14)7-9-20(16)19(22)6-5-17(21)15-11-12(2)24-13(15)3/h8,10-11,16H,4-7,9H2,1-3H3. The summed E-state index contributed by atoms with van der Waals surface area (Å²) in [6, 6.07) is 4.27. The normalized spacial score (nSPS) is 17.0. The van der Waals surface area contributed by atoms with E-state index in [4.69, 9.17) is 0 Å².